The molecule has 0 saturated carbocycles. The minimum absolute atomic E-state index is 0.698. The molecule has 1 saturated heterocycles. The first-order valence-corrected chi connectivity index (χ1v) is 5.56. The van der Waals surface area contributed by atoms with Crippen molar-refractivity contribution in [1.29, 1.82) is 0 Å². The molecule has 1 aromatic heterocycles. The van der Waals surface area contributed by atoms with Gasteiger partial charge in [0.25, 0.3) is 0 Å². The van der Waals surface area contributed by atoms with E-state index in [2.05, 4.69) is 29.1 Å². The molecule has 1 aromatic rings. The lowest BCUT2D eigenvalue weighted by Gasteiger charge is -2.27. The molecule has 1 fully saturated rings. The Balaban J connectivity index is 2.04. The standard InChI is InChI=1S/C10H15NS/c1-8-6-9(2-4-11-8)10-3-5-12-7-10/h3,5,7-9,11H,2,4,6H2,1H3. The van der Waals surface area contributed by atoms with Crippen LogP contribution >= 0.6 is 11.3 Å². The fourth-order valence-corrected chi connectivity index (χ4v) is 2.68. The molecule has 2 heterocycles. The van der Waals surface area contributed by atoms with Crippen LogP contribution in [0.1, 0.15) is 31.2 Å². The smallest absolute Gasteiger partial charge is 0.00445 e. The first-order chi connectivity index (χ1) is 5.86. The van der Waals surface area contributed by atoms with Gasteiger partial charge in [-0.2, -0.15) is 11.3 Å². The van der Waals surface area contributed by atoms with Crippen LogP contribution in [0.3, 0.4) is 0 Å². The minimum atomic E-state index is 0.698. The zero-order valence-electron chi connectivity index (χ0n) is 7.42. The van der Waals surface area contributed by atoms with Crippen LogP contribution in [0.15, 0.2) is 16.8 Å². The summed E-state index contributed by atoms with van der Waals surface area (Å²) in [6.07, 6.45) is 2.61. The third-order valence-electron chi connectivity index (χ3n) is 2.64. The van der Waals surface area contributed by atoms with Crippen molar-refractivity contribution < 1.29 is 0 Å². The van der Waals surface area contributed by atoms with E-state index < -0.39 is 0 Å². The topological polar surface area (TPSA) is 12.0 Å². The van der Waals surface area contributed by atoms with E-state index in [9.17, 15) is 0 Å². The van der Waals surface area contributed by atoms with Gasteiger partial charge in [-0.25, -0.2) is 0 Å². The minimum Gasteiger partial charge on any atom is -0.314 e. The van der Waals surface area contributed by atoms with E-state index >= 15 is 0 Å². The Hall–Kier alpha value is -0.340. The van der Waals surface area contributed by atoms with Gasteiger partial charge in [-0.05, 0) is 54.6 Å². The average Bonchev–Trinajstić information content (AvgIpc) is 2.56. The highest BCUT2D eigenvalue weighted by Gasteiger charge is 2.19. The number of hydrogen-bond acceptors (Lipinski definition) is 2. The van der Waals surface area contributed by atoms with Crippen LogP contribution in [0, 0.1) is 0 Å². The van der Waals surface area contributed by atoms with Crippen LogP contribution in [0.25, 0.3) is 0 Å². The van der Waals surface area contributed by atoms with E-state index in [1.54, 1.807) is 5.56 Å². The van der Waals surface area contributed by atoms with Crippen molar-refractivity contribution in [2.24, 2.45) is 0 Å². The van der Waals surface area contributed by atoms with Gasteiger partial charge in [0.2, 0.25) is 0 Å². The summed E-state index contributed by atoms with van der Waals surface area (Å²) in [6, 6.07) is 2.97. The molecule has 2 heteroatoms. The van der Waals surface area contributed by atoms with Crippen molar-refractivity contribution in [3.8, 4) is 0 Å². The fraction of sp³-hybridized carbons (Fsp3) is 0.600. The third kappa shape index (κ3) is 1.70. The monoisotopic (exact) mass is 181 g/mol. The molecule has 1 N–H and O–H groups in total. The second kappa shape index (κ2) is 3.58. The molecule has 0 spiro atoms. The van der Waals surface area contributed by atoms with E-state index in [1.807, 2.05) is 11.3 Å². The predicted molar refractivity (Wildman–Crippen MR) is 53.8 cm³/mol. The Bertz CT molecular complexity index is 230. The highest BCUT2D eigenvalue weighted by molar-refractivity contribution is 7.07. The first-order valence-electron chi connectivity index (χ1n) is 4.62. The van der Waals surface area contributed by atoms with Crippen LogP contribution in [0.2, 0.25) is 0 Å². The van der Waals surface area contributed by atoms with Gasteiger partial charge in [0.05, 0.1) is 0 Å². The molecular weight excluding hydrogens is 166 g/mol. The van der Waals surface area contributed by atoms with Gasteiger partial charge in [0.1, 0.15) is 0 Å². The number of nitrogens with one attached hydrogen (secondary N) is 1. The molecule has 2 rings (SSSR count). The SMILES string of the molecule is CC1CC(c2ccsc2)CCN1. The van der Waals surface area contributed by atoms with Crippen molar-refractivity contribution in [1.82, 2.24) is 5.32 Å². The van der Waals surface area contributed by atoms with Crippen LogP contribution in [-0.2, 0) is 0 Å². The largest absolute Gasteiger partial charge is 0.314 e. The molecule has 0 aliphatic carbocycles. The summed E-state index contributed by atoms with van der Waals surface area (Å²) in [5.41, 5.74) is 1.55. The summed E-state index contributed by atoms with van der Waals surface area (Å²) < 4.78 is 0. The van der Waals surface area contributed by atoms with Gasteiger partial charge in [-0.1, -0.05) is 0 Å². The third-order valence-corrected chi connectivity index (χ3v) is 3.34. The van der Waals surface area contributed by atoms with Crippen molar-refractivity contribution >= 4 is 11.3 Å². The predicted octanol–water partition coefficient (Wildman–Crippen LogP) is 2.60. The summed E-state index contributed by atoms with van der Waals surface area (Å²) in [5, 5.41) is 7.95. The number of thiophene rings is 1. The van der Waals surface area contributed by atoms with Gasteiger partial charge in [0, 0.05) is 6.04 Å². The molecule has 66 valence electrons. The molecule has 1 nitrogen and oxygen atoms in total. The lowest BCUT2D eigenvalue weighted by atomic mass is 9.89. The highest BCUT2D eigenvalue weighted by atomic mass is 32.1. The molecule has 0 amide bonds. The van der Waals surface area contributed by atoms with E-state index in [0.29, 0.717) is 6.04 Å². The fourth-order valence-electron chi connectivity index (χ4n) is 1.94. The van der Waals surface area contributed by atoms with E-state index in [4.69, 9.17) is 0 Å². The summed E-state index contributed by atoms with van der Waals surface area (Å²) in [5.74, 6) is 0.812. The molecule has 1 aliphatic rings. The maximum absolute atomic E-state index is 3.48. The quantitative estimate of drug-likeness (QED) is 0.702. The lowest BCUT2D eigenvalue weighted by Crippen LogP contribution is -2.34. The Morgan fingerprint density at radius 2 is 2.50 bits per heavy atom. The van der Waals surface area contributed by atoms with Crippen molar-refractivity contribution in [3.05, 3.63) is 22.4 Å². The Morgan fingerprint density at radius 1 is 1.58 bits per heavy atom. The second-order valence-electron chi connectivity index (χ2n) is 3.63. The molecule has 2 unspecified atom stereocenters. The van der Waals surface area contributed by atoms with Gasteiger partial charge in [0.15, 0.2) is 0 Å². The van der Waals surface area contributed by atoms with Crippen molar-refractivity contribution in [2.75, 3.05) is 6.54 Å². The van der Waals surface area contributed by atoms with Crippen LogP contribution in [-0.4, -0.2) is 12.6 Å². The maximum Gasteiger partial charge on any atom is 0.00445 e. The Labute approximate surface area is 77.8 Å². The van der Waals surface area contributed by atoms with Crippen molar-refractivity contribution in [2.45, 2.75) is 31.7 Å². The number of hydrogen-bond donors (Lipinski definition) is 1. The van der Waals surface area contributed by atoms with E-state index in [0.717, 1.165) is 5.92 Å². The highest BCUT2D eigenvalue weighted by Crippen LogP contribution is 2.28. The molecule has 0 aromatic carbocycles. The van der Waals surface area contributed by atoms with Crippen LogP contribution < -0.4 is 5.32 Å². The Morgan fingerprint density at radius 3 is 3.17 bits per heavy atom. The lowest BCUT2D eigenvalue weighted by molar-refractivity contribution is 0.382. The molecule has 0 bridgehead atoms. The normalized spacial score (nSPS) is 30.4. The number of piperidine rings is 1. The zero-order chi connectivity index (χ0) is 8.39. The average molecular weight is 181 g/mol. The van der Waals surface area contributed by atoms with Crippen molar-refractivity contribution in [3.63, 3.8) is 0 Å². The van der Waals surface area contributed by atoms with Gasteiger partial charge in [-0.15, -0.1) is 0 Å². The summed E-state index contributed by atoms with van der Waals surface area (Å²) in [7, 11) is 0. The molecule has 0 radical (unpaired) electrons. The van der Waals surface area contributed by atoms with Gasteiger partial charge >= 0.3 is 0 Å². The summed E-state index contributed by atoms with van der Waals surface area (Å²) in [4.78, 5) is 0. The van der Waals surface area contributed by atoms with E-state index in [1.165, 1.54) is 19.4 Å². The molecule has 12 heavy (non-hydrogen) atoms. The first kappa shape index (κ1) is 8.27. The van der Waals surface area contributed by atoms with Gasteiger partial charge < -0.3 is 5.32 Å². The van der Waals surface area contributed by atoms with Gasteiger partial charge in [-0.3, -0.25) is 0 Å². The van der Waals surface area contributed by atoms with Crippen LogP contribution in [0.4, 0.5) is 0 Å². The Kier molecular flexibility index (Phi) is 2.47. The van der Waals surface area contributed by atoms with Crippen LogP contribution in [0.5, 0.6) is 0 Å². The molecule has 2 atom stereocenters. The zero-order valence-corrected chi connectivity index (χ0v) is 8.23. The number of rotatable bonds is 1. The van der Waals surface area contributed by atoms with E-state index in [-0.39, 0.29) is 0 Å². The second-order valence-corrected chi connectivity index (χ2v) is 4.41. The summed E-state index contributed by atoms with van der Waals surface area (Å²) >= 11 is 1.81. The maximum atomic E-state index is 3.48. The summed E-state index contributed by atoms with van der Waals surface area (Å²) in [6.45, 7) is 3.46. The molecular formula is C10H15NS. The molecule has 1 aliphatic heterocycles.